The van der Waals surface area contributed by atoms with E-state index in [-0.39, 0.29) is 10.8 Å². The first-order chi connectivity index (χ1) is 10.4. The second kappa shape index (κ2) is 7.71. The van der Waals surface area contributed by atoms with Crippen LogP contribution in [0, 0.1) is 0 Å². The Bertz CT molecular complexity index is 670. The molecule has 0 unspecified atom stereocenters. The number of ether oxygens (including phenoxy) is 1. The summed E-state index contributed by atoms with van der Waals surface area (Å²) in [5, 5.41) is 6.31. The zero-order valence-electron chi connectivity index (χ0n) is 10.9. The van der Waals surface area contributed by atoms with E-state index < -0.39 is 6.61 Å². The van der Waals surface area contributed by atoms with Crippen LogP contribution in [0.1, 0.15) is 0 Å². The van der Waals surface area contributed by atoms with Crippen LogP contribution < -0.4 is 15.4 Å². The Balaban J connectivity index is 1.99. The third-order valence-electron chi connectivity index (χ3n) is 2.51. The fraction of sp³-hybridized carbons (Fsp3) is 0.0714. The maximum absolute atomic E-state index is 12.2. The zero-order chi connectivity index (χ0) is 16.1. The Hall–Kier alpha value is -1.44. The number of benzene rings is 2. The summed E-state index contributed by atoms with van der Waals surface area (Å²) >= 11 is 14.4. The smallest absolute Gasteiger partial charge is 0.387 e. The molecule has 22 heavy (non-hydrogen) atoms. The van der Waals surface area contributed by atoms with Crippen molar-refractivity contribution < 1.29 is 13.5 Å². The molecule has 0 bridgehead atoms. The van der Waals surface area contributed by atoms with Crippen molar-refractivity contribution in [2.24, 2.45) is 0 Å². The lowest BCUT2D eigenvalue weighted by atomic mass is 10.3. The molecule has 0 aliphatic rings. The van der Waals surface area contributed by atoms with Crippen LogP contribution >= 0.6 is 39.7 Å². The number of alkyl halides is 2. The van der Waals surface area contributed by atoms with Crippen LogP contribution in [-0.2, 0) is 0 Å². The molecule has 0 aromatic heterocycles. The molecule has 0 saturated carbocycles. The van der Waals surface area contributed by atoms with E-state index in [2.05, 4.69) is 31.3 Å². The zero-order valence-corrected chi connectivity index (χ0v) is 14.1. The Kier molecular flexibility index (Phi) is 5.93. The summed E-state index contributed by atoms with van der Waals surface area (Å²) < 4.78 is 29.5. The normalized spacial score (nSPS) is 10.4. The minimum absolute atomic E-state index is 0.0664. The molecule has 116 valence electrons. The number of halogens is 4. The maximum atomic E-state index is 12.2. The van der Waals surface area contributed by atoms with E-state index in [1.165, 1.54) is 12.1 Å². The average molecular weight is 408 g/mol. The first kappa shape index (κ1) is 16.9. The van der Waals surface area contributed by atoms with E-state index >= 15 is 0 Å². The summed E-state index contributed by atoms with van der Waals surface area (Å²) in [5.41, 5.74) is 1.37. The van der Waals surface area contributed by atoms with Crippen LogP contribution in [0.2, 0.25) is 5.02 Å². The summed E-state index contributed by atoms with van der Waals surface area (Å²) in [6, 6.07) is 11.8. The largest absolute Gasteiger partial charge is 0.433 e. The van der Waals surface area contributed by atoms with Crippen LogP contribution in [0.5, 0.6) is 5.75 Å². The lowest BCUT2D eigenvalue weighted by molar-refractivity contribution is -0.0497. The third-order valence-corrected chi connectivity index (χ3v) is 3.54. The highest BCUT2D eigenvalue weighted by molar-refractivity contribution is 9.10. The van der Waals surface area contributed by atoms with E-state index in [1.807, 2.05) is 24.3 Å². The number of thiocarbonyl (C=S) groups is 1. The van der Waals surface area contributed by atoms with Crippen molar-refractivity contribution in [2.45, 2.75) is 6.61 Å². The summed E-state index contributed by atoms with van der Waals surface area (Å²) in [6.45, 7) is -2.92. The minimum Gasteiger partial charge on any atom is -0.433 e. The number of nitrogens with one attached hydrogen (secondary N) is 2. The quantitative estimate of drug-likeness (QED) is 0.655. The molecule has 2 aromatic rings. The fourth-order valence-electron chi connectivity index (χ4n) is 1.60. The molecule has 0 aliphatic heterocycles. The van der Waals surface area contributed by atoms with Crippen molar-refractivity contribution in [3.63, 3.8) is 0 Å². The molecule has 0 spiro atoms. The van der Waals surface area contributed by atoms with Gasteiger partial charge in [0.15, 0.2) is 5.11 Å². The number of hydrogen-bond acceptors (Lipinski definition) is 2. The van der Waals surface area contributed by atoms with Gasteiger partial charge in [0.2, 0.25) is 0 Å². The van der Waals surface area contributed by atoms with Crippen LogP contribution in [0.15, 0.2) is 46.9 Å². The van der Waals surface area contributed by atoms with Crippen molar-refractivity contribution >= 4 is 56.2 Å². The predicted molar refractivity (Wildman–Crippen MR) is 92.1 cm³/mol. The van der Waals surface area contributed by atoms with Crippen molar-refractivity contribution in [3.05, 3.63) is 52.0 Å². The molecule has 8 heteroatoms. The Labute approximate surface area is 144 Å². The first-order valence-electron chi connectivity index (χ1n) is 6.02. The molecule has 0 amide bonds. The van der Waals surface area contributed by atoms with Gasteiger partial charge >= 0.3 is 6.61 Å². The standard InChI is InChI=1S/C14H10BrClF2N2OS/c15-8-1-3-9(4-2-8)19-14(22)20-10-5-6-12(11(16)7-10)21-13(17)18/h1-7,13H,(H2,19,20,22). The van der Waals surface area contributed by atoms with Gasteiger partial charge in [0.05, 0.1) is 5.02 Å². The number of hydrogen-bond donors (Lipinski definition) is 2. The van der Waals surface area contributed by atoms with E-state index in [1.54, 1.807) is 6.07 Å². The molecule has 0 aliphatic carbocycles. The molecular weight excluding hydrogens is 398 g/mol. The SMILES string of the molecule is FC(F)Oc1ccc(NC(=S)Nc2ccc(Br)cc2)cc1Cl. The summed E-state index contributed by atoms with van der Waals surface area (Å²) in [4.78, 5) is 0. The molecule has 0 fully saturated rings. The van der Waals surface area contributed by atoms with E-state index in [9.17, 15) is 8.78 Å². The Morgan fingerprint density at radius 3 is 2.27 bits per heavy atom. The lowest BCUT2D eigenvalue weighted by Crippen LogP contribution is -2.19. The van der Waals surface area contributed by atoms with Crippen molar-refractivity contribution in [3.8, 4) is 5.75 Å². The van der Waals surface area contributed by atoms with Crippen molar-refractivity contribution in [2.75, 3.05) is 10.6 Å². The highest BCUT2D eigenvalue weighted by Gasteiger charge is 2.09. The van der Waals surface area contributed by atoms with Gasteiger partial charge in [0, 0.05) is 15.8 Å². The monoisotopic (exact) mass is 406 g/mol. The Morgan fingerprint density at radius 2 is 1.68 bits per heavy atom. The van der Waals surface area contributed by atoms with Gasteiger partial charge in [-0.25, -0.2) is 0 Å². The van der Waals surface area contributed by atoms with Gasteiger partial charge in [0.25, 0.3) is 0 Å². The highest BCUT2D eigenvalue weighted by atomic mass is 79.9. The van der Waals surface area contributed by atoms with Crippen LogP contribution in [0.4, 0.5) is 20.2 Å². The molecule has 2 rings (SSSR count). The summed E-state index contributed by atoms with van der Waals surface area (Å²) in [6.07, 6.45) is 0. The van der Waals surface area contributed by atoms with Crippen LogP contribution in [0.3, 0.4) is 0 Å². The van der Waals surface area contributed by atoms with Crippen LogP contribution in [0.25, 0.3) is 0 Å². The van der Waals surface area contributed by atoms with Crippen LogP contribution in [-0.4, -0.2) is 11.7 Å². The minimum atomic E-state index is -2.92. The second-order valence-electron chi connectivity index (χ2n) is 4.11. The molecule has 0 saturated heterocycles. The molecular formula is C14H10BrClF2N2OS. The van der Waals surface area contributed by atoms with E-state index in [4.69, 9.17) is 23.8 Å². The molecule has 3 nitrogen and oxygen atoms in total. The molecule has 2 N–H and O–H groups in total. The Morgan fingerprint density at radius 1 is 1.09 bits per heavy atom. The number of anilines is 2. The average Bonchev–Trinajstić information content (AvgIpc) is 2.44. The van der Waals surface area contributed by atoms with Crippen molar-refractivity contribution in [1.29, 1.82) is 0 Å². The van der Waals surface area contributed by atoms with Gasteiger partial charge in [0.1, 0.15) is 5.75 Å². The lowest BCUT2D eigenvalue weighted by Gasteiger charge is -2.12. The number of rotatable bonds is 4. The second-order valence-corrected chi connectivity index (χ2v) is 5.84. The van der Waals surface area contributed by atoms with E-state index in [0.717, 1.165) is 10.2 Å². The molecule has 0 heterocycles. The third kappa shape index (κ3) is 5.08. The van der Waals surface area contributed by atoms with Gasteiger partial charge < -0.3 is 15.4 Å². The van der Waals surface area contributed by atoms with Gasteiger partial charge in [-0.1, -0.05) is 27.5 Å². The van der Waals surface area contributed by atoms with Gasteiger partial charge in [-0.3, -0.25) is 0 Å². The topological polar surface area (TPSA) is 33.3 Å². The summed E-state index contributed by atoms with van der Waals surface area (Å²) in [7, 11) is 0. The van der Waals surface area contributed by atoms with Gasteiger partial charge in [-0.15, -0.1) is 0 Å². The molecule has 0 atom stereocenters. The molecule has 0 radical (unpaired) electrons. The molecule has 2 aromatic carbocycles. The van der Waals surface area contributed by atoms with Crippen molar-refractivity contribution in [1.82, 2.24) is 0 Å². The van der Waals surface area contributed by atoms with E-state index in [0.29, 0.717) is 10.8 Å². The fourth-order valence-corrected chi connectivity index (χ4v) is 2.32. The first-order valence-corrected chi connectivity index (χ1v) is 7.60. The predicted octanol–water partition coefficient (Wildman–Crippen LogP) is 5.51. The maximum Gasteiger partial charge on any atom is 0.387 e. The highest BCUT2D eigenvalue weighted by Crippen LogP contribution is 2.29. The van der Waals surface area contributed by atoms with Gasteiger partial charge in [-0.2, -0.15) is 8.78 Å². The summed E-state index contributed by atoms with van der Waals surface area (Å²) in [5.74, 6) is -0.0889. The van der Waals surface area contributed by atoms with Gasteiger partial charge in [-0.05, 0) is 54.7 Å².